The van der Waals surface area contributed by atoms with Crippen molar-refractivity contribution in [1.29, 1.82) is 0 Å². The molecule has 0 aliphatic carbocycles. The fourth-order valence-corrected chi connectivity index (χ4v) is 2.52. The molecule has 1 aromatic rings. The van der Waals surface area contributed by atoms with Gasteiger partial charge in [0.05, 0.1) is 9.71 Å². The molecule has 0 aliphatic heterocycles. The first-order valence-electron chi connectivity index (χ1n) is 4.97. The standard InChI is InChI=1S/C11H15NO3S/c1-2-10(13)8-9-16(15,12-14)11-6-4-3-5-7-11/h3-7,9,14H,2,8H2,1H3,(H,12,15). The molecule has 5 heteroatoms. The van der Waals surface area contributed by atoms with Gasteiger partial charge in [0.25, 0.3) is 0 Å². The summed E-state index contributed by atoms with van der Waals surface area (Å²) in [5.74, 6) is -0.0149. The number of hydrogen-bond donors (Lipinski definition) is 2. The molecule has 0 saturated heterocycles. The van der Waals surface area contributed by atoms with Crippen molar-refractivity contribution in [2.75, 3.05) is 0 Å². The van der Waals surface area contributed by atoms with Gasteiger partial charge >= 0.3 is 0 Å². The van der Waals surface area contributed by atoms with Crippen molar-refractivity contribution in [3.05, 3.63) is 30.3 Å². The Morgan fingerprint density at radius 3 is 2.56 bits per heavy atom. The third-order valence-corrected chi connectivity index (χ3v) is 4.05. The van der Waals surface area contributed by atoms with E-state index >= 15 is 0 Å². The Labute approximate surface area is 95.4 Å². The van der Waals surface area contributed by atoms with E-state index in [4.69, 9.17) is 5.21 Å². The van der Waals surface area contributed by atoms with Gasteiger partial charge in [-0.15, -0.1) is 4.89 Å². The van der Waals surface area contributed by atoms with E-state index in [9.17, 15) is 9.00 Å². The fraction of sp³-hybridized carbons (Fsp3) is 0.273. The van der Waals surface area contributed by atoms with E-state index in [1.165, 1.54) is 5.37 Å². The summed E-state index contributed by atoms with van der Waals surface area (Å²) in [6.45, 7) is 1.74. The van der Waals surface area contributed by atoms with Crippen LogP contribution >= 0.6 is 0 Å². The molecule has 0 spiro atoms. The molecule has 0 heterocycles. The Bertz CT molecular complexity index is 461. The van der Waals surface area contributed by atoms with Crippen LogP contribution in [0.5, 0.6) is 0 Å². The van der Waals surface area contributed by atoms with Crippen molar-refractivity contribution in [3.8, 4) is 0 Å². The number of ketones is 1. The quantitative estimate of drug-likeness (QED) is 0.605. The predicted molar refractivity (Wildman–Crippen MR) is 63.8 cm³/mol. The minimum absolute atomic E-state index is 0.0149. The molecule has 1 unspecified atom stereocenters. The molecule has 0 fully saturated rings. The summed E-state index contributed by atoms with van der Waals surface area (Å²) in [5, 5.41) is 10.3. The third-order valence-electron chi connectivity index (χ3n) is 2.17. The Morgan fingerprint density at radius 2 is 2.06 bits per heavy atom. The molecule has 0 aliphatic rings. The van der Waals surface area contributed by atoms with Crippen LogP contribution in [0.15, 0.2) is 35.2 Å². The van der Waals surface area contributed by atoms with Gasteiger partial charge in [0.2, 0.25) is 0 Å². The van der Waals surface area contributed by atoms with E-state index in [2.05, 4.69) is 0 Å². The normalized spacial score (nSPS) is 14.1. The zero-order valence-electron chi connectivity index (χ0n) is 9.05. The summed E-state index contributed by atoms with van der Waals surface area (Å²) in [7, 11) is -2.85. The van der Waals surface area contributed by atoms with Gasteiger partial charge in [-0.1, -0.05) is 25.1 Å². The van der Waals surface area contributed by atoms with E-state index in [0.29, 0.717) is 11.3 Å². The van der Waals surface area contributed by atoms with Gasteiger partial charge < -0.3 is 5.21 Å². The van der Waals surface area contributed by atoms with Crippen LogP contribution in [0.3, 0.4) is 0 Å². The Hall–Kier alpha value is -1.17. The minimum atomic E-state index is -2.85. The number of benzene rings is 1. The zero-order valence-corrected chi connectivity index (χ0v) is 9.87. The number of nitrogens with one attached hydrogen (secondary N) is 1. The van der Waals surface area contributed by atoms with Gasteiger partial charge in [-0.2, -0.15) is 0 Å². The van der Waals surface area contributed by atoms with Crippen molar-refractivity contribution < 1.29 is 14.2 Å². The first kappa shape index (κ1) is 12.9. The molecule has 0 bridgehead atoms. The first-order valence-corrected chi connectivity index (χ1v) is 6.59. The van der Waals surface area contributed by atoms with Crippen molar-refractivity contribution in [1.82, 2.24) is 4.89 Å². The summed E-state index contributed by atoms with van der Waals surface area (Å²) >= 11 is 0. The van der Waals surface area contributed by atoms with Gasteiger partial charge in [0, 0.05) is 17.7 Å². The first-order chi connectivity index (χ1) is 7.62. The van der Waals surface area contributed by atoms with E-state index < -0.39 is 9.71 Å². The van der Waals surface area contributed by atoms with Gasteiger partial charge in [0.1, 0.15) is 5.78 Å². The number of carbonyl (C=O) groups is 1. The lowest BCUT2D eigenvalue weighted by molar-refractivity contribution is -0.117. The SMILES string of the molecule is CCC(=O)CC=S(=O)(NO)c1ccccc1. The second-order valence-corrected chi connectivity index (χ2v) is 5.46. The topological polar surface area (TPSA) is 66.4 Å². The van der Waals surface area contributed by atoms with Crippen LogP contribution in [0.4, 0.5) is 0 Å². The van der Waals surface area contributed by atoms with E-state index in [1.807, 2.05) is 0 Å². The summed E-state index contributed by atoms with van der Waals surface area (Å²) in [6.07, 6.45) is 0.476. The van der Waals surface area contributed by atoms with E-state index in [-0.39, 0.29) is 12.2 Å². The molecule has 2 N–H and O–H groups in total. The minimum Gasteiger partial charge on any atom is -0.304 e. The summed E-state index contributed by atoms with van der Waals surface area (Å²) in [4.78, 5) is 13.4. The summed E-state index contributed by atoms with van der Waals surface area (Å²) < 4.78 is 12.2. The second-order valence-electron chi connectivity index (χ2n) is 3.27. The molecule has 1 rings (SSSR count). The molecule has 0 saturated carbocycles. The second kappa shape index (κ2) is 5.79. The zero-order chi connectivity index (χ0) is 12.0. The highest BCUT2D eigenvalue weighted by Gasteiger charge is 2.09. The van der Waals surface area contributed by atoms with Crippen molar-refractivity contribution >= 4 is 20.9 Å². The number of rotatable bonds is 5. The summed E-state index contributed by atoms with van der Waals surface area (Å²) in [6, 6.07) is 8.51. The van der Waals surface area contributed by atoms with Crippen LogP contribution < -0.4 is 4.89 Å². The van der Waals surface area contributed by atoms with Crippen LogP contribution in [0, 0.1) is 0 Å². The van der Waals surface area contributed by atoms with Crippen LogP contribution in [0.2, 0.25) is 0 Å². The van der Waals surface area contributed by atoms with Crippen LogP contribution in [0.1, 0.15) is 19.8 Å². The van der Waals surface area contributed by atoms with Gasteiger partial charge in [0.15, 0.2) is 0 Å². The lowest BCUT2D eigenvalue weighted by Crippen LogP contribution is -2.22. The molecule has 1 aromatic carbocycles. The Kier molecular flexibility index (Phi) is 4.67. The lowest BCUT2D eigenvalue weighted by Gasteiger charge is -2.08. The van der Waals surface area contributed by atoms with Crippen molar-refractivity contribution in [2.45, 2.75) is 24.7 Å². The molecule has 88 valence electrons. The molecule has 0 amide bonds. The summed E-state index contributed by atoms with van der Waals surface area (Å²) in [5.41, 5.74) is 0. The highest BCUT2D eigenvalue weighted by molar-refractivity contribution is 7.99. The van der Waals surface area contributed by atoms with Gasteiger partial charge in [-0.25, -0.2) is 4.21 Å². The smallest absolute Gasteiger partial charge is 0.137 e. The predicted octanol–water partition coefficient (Wildman–Crippen LogP) is 1.40. The van der Waals surface area contributed by atoms with Crippen LogP contribution in [0.25, 0.3) is 0 Å². The van der Waals surface area contributed by atoms with E-state index in [0.717, 1.165) is 0 Å². The van der Waals surface area contributed by atoms with Gasteiger partial charge in [-0.05, 0) is 17.5 Å². The molecule has 1 atom stereocenters. The monoisotopic (exact) mass is 241 g/mol. The van der Waals surface area contributed by atoms with Crippen molar-refractivity contribution in [2.24, 2.45) is 0 Å². The average Bonchev–Trinajstić information content (AvgIpc) is 2.36. The number of hydrogen-bond acceptors (Lipinski definition) is 3. The lowest BCUT2D eigenvalue weighted by atomic mass is 10.2. The molecule has 16 heavy (non-hydrogen) atoms. The molecule has 0 radical (unpaired) electrons. The Balaban J connectivity index is 3.04. The highest BCUT2D eigenvalue weighted by atomic mass is 32.2. The number of Topliss-reactive ketones (excluding diaryl/α,β-unsaturated/α-hetero) is 1. The fourth-order valence-electron chi connectivity index (χ4n) is 1.16. The number of carbonyl (C=O) groups excluding carboxylic acids is 1. The van der Waals surface area contributed by atoms with Gasteiger partial charge in [-0.3, -0.25) is 4.79 Å². The maximum absolute atomic E-state index is 12.2. The maximum atomic E-state index is 12.2. The van der Waals surface area contributed by atoms with Crippen LogP contribution in [-0.4, -0.2) is 20.6 Å². The Morgan fingerprint density at radius 1 is 1.44 bits per heavy atom. The molecule has 0 aromatic heterocycles. The molecular formula is C11H15NO3S. The van der Waals surface area contributed by atoms with Crippen LogP contribution in [-0.2, 0) is 14.5 Å². The molecular weight excluding hydrogens is 226 g/mol. The average molecular weight is 241 g/mol. The maximum Gasteiger partial charge on any atom is 0.137 e. The molecule has 4 nitrogen and oxygen atoms in total. The third kappa shape index (κ3) is 3.16. The van der Waals surface area contributed by atoms with Crippen molar-refractivity contribution in [3.63, 3.8) is 0 Å². The largest absolute Gasteiger partial charge is 0.304 e. The highest BCUT2D eigenvalue weighted by Crippen LogP contribution is 2.08. The van der Waals surface area contributed by atoms with E-state index in [1.54, 1.807) is 42.1 Å².